The van der Waals surface area contributed by atoms with Gasteiger partial charge >= 0.3 is 0 Å². The summed E-state index contributed by atoms with van der Waals surface area (Å²) in [6, 6.07) is 7.24. The highest BCUT2D eigenvalue weighted by molar-refractivity contribution is 5.97. The van der Waals surface area contributed by atoms with Gasteiger partial charge in [-0.3, -0.25) is 4.79 Å². The summed E-state index contributed by atoms with van der Waals surface area (Å²) in [6.45, 7) is 6.58. The number of methoxy groups -OCH3 is 1. The number of amides is 1. The van der Waals surface area contributed by atoms with Crippen LogP contribution in [0.3, 0.4) is 0 Å². The minimum atomic E-state index is -0.877. The SMILES string of the molecule is CCCCC[C@](C)(OC)C(=O)Nc1ccc(OCCCC)c(C#N)c1. The fourth-order valence-corrected chi connectivity index (χ4v) is 2.43. The van der Waals surface area contributed by atoms with Crippen LogP contribution >= 0.6 is 0 Å². The van der Waals surface area contributed by atoms with Gasteiger partial charge in [0.1, 0.15) is 17.4 Å². The lowest BCUT2D eigenvalue weighted by molar-refractivity contribution is -0.136. The van der Waals surface area contributed by atoms with E-state index < -0.39 is 5.60 Å². The minimum Gasteiger partial charge on any atom is -0.492 e. The number of ether oxygens (including phenoxy) is 2. The summed E-state index contributed by atoms with van der Waals surface area (Å²) in [5.74, 6) is 0.348. The van der Waals surface area contributed by atoms with Gasteiger partial charge in [-0.15, -0.1) is 0 Å². The average molecular weight is 346 g/mol. The van der Waals surface area contributed by atoms with Gasteiger partial charge in [-0.2, -0.15) is 5.26 Å². The lowest BCUT2D eigenvalue weighted by Crippen LogP contribution is -2.41. The van der Waals surface area contributed by atoms with Gasteiger partial charge < -0.3 is 14.8 Å². The van der Waals surface area contributed by atoms with Gasteiger partial charge in [0.25, 0.3) is 5.91 Å². The molecule has 1 atom stereocenters. The van der Waals surface area contributed by atoms with Crippen molar-refractivity contribution in [3.8, 4) is 11.8 Å². The Balaban J connectivity index is 2.80. The van der Waals surface area contributed by atoms with E-state index in [0.29, 0.717) is 30.0 Å². The second kappa shape index (κ2) is 10.7. The molecule has 0 unspecified atom stereocenters. The van der Waals surface area contributed by atoms with Gasteiger partial charge in [0.15, 0.2) is 0 Å². The van der Waals surface area contributed by atoms with Gasteiger partial charge in [0.05, 0.1) is 12.2 Å². The first-order valence-electron chi connectivity index (χ1n) is 9.04. The molecule has 1 aromatic rings. The lowest BCUT2D eigenvalue weighted by Gasteiger charge is -2.27. The number of rotatable bonds is 11. The first kappa shape index (κ1) is 21.0. The van der Waals surface area contributed by atoms with Crippen molar-refractivity contribution in [1.82, 2.24) is 0 Å². The minimum absolute atomic E-state index is 0.199. The average Bonchev–Trinajstić information content (AvgIpc) is 2.62. The highest BCUT2D eigenvalue weighted by Gasteiger charge is 2.32. The second-order valence-corrected chi connectivity index (χ2v) is 6.37. The van der Waals surface area contributed by atoms with Crippen LogP contribution in [-0.2, 0) is 9.53 Å². The van der Waals surface area contributed by atoms with Crippen molar-refractivity contribution in [2.24, 2.45) is 0 Å². The lowest BCUT2D eigenvalue weighted by atomic mass is 9.97. The number of nitriles is 1. The molecule has 0 radical (unpaired) electrons. The summed E-state index contributed by atoms with van der Waals surface area (Å²) < 4.78 is 11.1. The van der Waals surface area contributed by atoms with Crippen LogP contribution in [0.25, 0.3) is 0 Å². The number of unbranched alkanes of at least 4 members (excludes halogenated alkanes) is 3. The van der Waals surface area contributed by atoms with E-state index in [1.807, 2.05) is 0 Å². The molecule has 1 N–H and O–H groups in total. The van der Waals surface area contributed by atoms with Crippen molar-refractivity contribution in [1.29, 1.82) is 5.26 Å². The zero-order valence-corrected chi connectivity index (χ0v) is 15.9. The monoisotopic (exact) mass is 346 g/mol. The molecule has 5 heteroatoms. The van der Waals surface area contributed by atoms with Crippen molar-refractivity contribution in [3.05, 3.63) is 23.8 Å². The number of nitrogens with one attached hydrogen (secondary N) is 1. The van der Waals surface area contributed by atoms with Gasteiger partial charge in [-0.05, 0) is 38.0 Å². The van der Waals surface area contributed by atoms with Crippen LogP contribution < -0.4 is 10.1 Å². The summed E-state index contributed by atoms with van der Waals surface area (Å²) in [5.41, 5.74) is 0.111. The molecule has 0 bridgehead atoms. The highest BCUT2D eigenvalue weighted by Crippen LogP contribution is 2.25. The Morgan fingerprint density at radius 3 is 2.56 bits per heavy atom. The van der Waals surface area contributed by atoms with Crippen molar-refractivity contribution in [3.63, 3.8) is 0 Å². The Kier molecular flexibility index (Phi) is 9.01. The molecule has 0 fully saturated rings. The van der Waals surface area contributed by atoms with Gasteiger partial charge in [-0.25, -0.2) is 0 Å². The summed E-state index contributed by atoms with van der Waals surface area (Å²) in [7, 11) is 1.55. The van der Waals surface area contributed by atoms with Crippen LogP contribution in [0.4, 0.5) is 5.69 Å². The molecule has 0 aliphatic carbocycles. The first-order valence-corrected chi connectivity index (χ1v) is 9.04. The fourth-order valence-electron chi connectivity index (χ4n) is 2.43. The van der Waals surface area contributed by atoms with Gasteiger partial charge in [0, 0.05) is 12.8 Å². The molecule has 0 aliphatic rings. The van der Waals surface area contributed by atoms with Gasteiger partial charge in [-0.1, -0.05) is 39.5 Å². The third-order valence-corrected chi connectivity index (χ3v) is 4.30. The number of nitrogens with zero attached hydrogens (tertiary/aromatic N) is 1. The molecular formula is C20H30N2O3. The molecule has 25 heavy (non-hydrogen) atoms. The summed E-state index contributed by atoms with van der Waals surface area (Å²) in [4.78, 5) is 12.6. The van der Waals surface area contributed by atoms with Crippen LogP contribution in [0.15, 0.2) is 18.2 Å². The van der Waals surface area contributed by atoms with Crippen molar-refractivity contribution < 1.29 is 14.3 Å². The number of hydrogen-bond acceptors (Lipinski definition) is 4. The predicted octanol–water partition coefficient (Wildman–Crippen LogP) is 4.66. The molecule has 1 aromatic carbocycles. The molecular weight excluding hydrogens is 316 g/mol. The summed E-state index contributed by atoms with van der Waals surface area (Å²) >= 11 is 0. The molecule has 1 rings (SSSR count). The highest BCUT2D eigenvalue weighted by atomic mass is 16.5. The van der Waals surface area contributed by atoms with E-state index in [4.69, 9.17) is 9.47 Å². The van der Waals surface area contributed by atoms with E-state index in [-0.39, 0.29) is 5.91 Å². The molecule has 5 nitrogen and oxygen atoms in total. The van der Waals surface area contributed by atoms with E-state index >= 15 is 0 Å². The van der Waals surface area contributed by atoms with E-state index in [1.54, 1.807) is 32.2 Å². The Hall–Kier alpha value is -2.06. The molecule has 1 amide bonds. The fraction of sp³-hybridized carbons (Fsp3) is 0.600. The maximum atomic E-state index is 12.6. The van der Waals surface area contributed by atoms with Crippen LogP contribution in [0.5, 0.6) is 5.75 Å². The molecule has 0 aliphatic heterocycles. The molecule has 138 valence electrons. The topological polar surface area (TPSA) is 71.3 Å². The summed E-state index contributed by atoms with van der Waals surface area (Å²) in [5, 5.41) is 12.2. The van der Waals surface area contributed by atoms with Crippen LogP contribution in [0, 0.1) is 11.3 Å². The standard InChI is InChI=1S/C20H30N2O3/c1-5-7-9-12-20(3,24-4)19(23)22-17-10-11-18(16(14-17)15-21)25-13-8-6-2/h10-11,14H,5-9,12-13H2,1-4H3,(H,22,23)/t20-/m0/s1. The third-order valence-electron chi connectivity index (χ3n) is 4.30. The van der Waals surface area contributed by atoms with Crippen molar-refractivity contribution >= 4 is 11.6 Å². The van der Waals surface area contributed by atoms with Crippen LogP contribution in [0.1, 0.15) is 64.9 Å². The van der Waals surface area contributed by atoms with E-state index in [0.717, 1.165) is 32.1 Å². The quantitative estimate of drug-likeness (QED) is 0.591. The third kappa shape index (κ3) is 6.39. The predicted molar refractivity (Wildman–Crippen MR) is 99.7 cm³/mol. The molecule has 0 spiro atoms. The maximum Gasteiger partial charge on any atom is 0.256 e. The van der Waals surface area contributed by atoms with E-state index in [9.17, 15) is 10.1 Å². The largest absolute Gasteiger partial charge is 0.492 e. The Morgan fingerprint density at radius 1 is 1.24 bits per heavy atom. The van der Waals surface area contributed by atoms with Gasteiger partial charge in [0.2, 0.25) is 0 Å². The number of anilines is 1. The Morgan fingerprint density at radius 2 is 1.96 bits per heavy atom. The smallest absolute Gasteiger partial charge is 0.256 e. The van der Waals surface area contributed by atoms with Crippen LogP contribution in [-0.4, -0.2) is 25.2 Å². The van der Waals surface area contributed by atoms with Crippen molar-refractivity contribution in [2.45, 2.75) is 64.9 Å². The number of hydrogen-bond donors (Lipinski definition) is 1. The van der Waals surface area contributed by atoms with Crippen molar-refractivity contribution in [2.75, 3.05) is 19.0 Å². The zero-order valence-electron chi connectivity index (χ0n) is 15.9. The number of benzene rings is 1. The molecule has 0 heterocycles. The van der Waals surface area contributed by atoms with E-state index in [2.05, 4.69) is 25.2 Å². The zero-order chi connectivity index (χ0) is 18.7. The van der Waals surface area contributed by atoms with Crippen LogP contribution in [0.2, 0.25) is 0 Å². The Labute approximate surface area is 151 Å². The summed E-state index contributed by atoms with van der Waals surface area (Å²) in [6.07, 6.45) is 5.71. The molecule has 0 aromatic heterocycles. The number of carbonyl (C=O) groups is 1. The molecule has 0 saturated carbocycles. The maximum absolute atomic E-state index is 12.6. The normalized spacial score (nSPS) is 12.9. The Bertz CT molecular complexity index is 595. The second-order valence-electron chi connectivity index (χ2n) is 6.37. The first-order chi connectivity index (χ1) is 12.0. The molecule has 0 saturated heterocycles. The number of carbonyl (C=O) groups excluding carboxylic acids is 1. The van der Waals surface area contributed by atoms with E-state index in [1.165, 1.54) is 0 Å².